The van der Waals surface area contributed by atoms with Gasteiger partial charge >= 0.3 is 0 Å². The van der Waals surface area contributed by atoms with Crippen molar-refractivity contribution >= 4 is 34.4 Å². The maximum Gasteiger partial charge on any atom is 0.0476 e. The normalized spacial score (nSPS) is 12.5. The number of nitrogens with two attached hydrogens (primary N) is 2. The van der Waals surface area contributed by atoms with Gasteiger partial charge in [0.25, 0.3) is 0 Å². The molecule has 1 aromatic heterocycles. The molecular weight excluding hydrogens is 215 g/mol. The Bertz CT molecular complexity index is 698. The third-order valence-electron chi connectivity index (χ3n) is 3.13. The fraction of sp³-hybridized carbons (Fsp3) is 0.0769. The highest BCUT2D eigenvalue weighted by molar-refractivity contribution is 7.61. The minimum Gasteiger partial charge on any atom is -0.398 e. The zero-order chi connectivity index (χ0) is 11.3. The van der Waals surface area contributed by atoms with Crippen molar-refractivity contribution in [1.82, 2.24) is 0 Å². The zero-order valence-electron chi connectivity index (χ0n) is 9.07. The van der Waals surface area contributed by atoms with Gasteiger partial charge in [-0.2, -0.15) is 0 Å². The van der Waals surface area contributed by atoms with E-state index in [0.29, 0.717) is 0 Å². The Morgan fingerprint density at radius 3 is 2.56 bits per heavy atom. The Kier molecular flexibility index (Phi) is 1.97. The van der Waals surface area contributed by atoms with Gasteiger partial charge in [-0.1, -0.05) is 30.3 Å². The number of hydrogen-bond acceptors (Lipinski definition) is 2. The summed E-state index contributed by atoms with van der Waals surface area (Å²) < 4.78 is 0. The zero-order valence-corrected chi connectivity index (χ0v) is 9.96. The van der Waals surface area contributed by atoms with Crippen LogP contribution in [0.15, 0.2) is 36.4 Å². The van der Waals surface area contributed by atoms with Crippen LogP contribution >= 0.6 is 7.68 Å². The van der Waals surface area contributed by atoms with E-state index >= 15 is 0 Å². The second-order valence-corrected chi connectivity index (χ2v) is 5.75. The topological polar surface area (TPSA) is 52.0 Å². The first-order chi connectivity index (χ1) is 7.70. The lowest BCUT2D eigenvalue weighted by Gasteiger charge is -2.02. The summed E-state index contributed by atoms with van der Waals surface area (Å²) in [5.41, 5.74) is 14.4. The quantitative estimate of drug-likeness (QED) is 0.578. The summed E-state index contributed by atoms with van der Waals surface area (Å²) in [4.78, 5) is 0. The van der Waals surface area contributed by atoms with E-state index in [9.17, 15) is 0 Å². The predicted molar refractivity (Wildman–Crippen MR) is 73.5 cm³/mol. The van der Waals surface area contributed by atoms with Crippen molar-refractivity contribution in [2.24, 2.45) is 0 Å². The molecule has 0 spiro atoms. The average Bonchev–Trinajstić information content (AvgIpc) is 2.59. The minimum atomic E-state index is -0.759. The van der Waals surface area contributed by atoms with Gasteiger partial charge in [-0.05, 0) is 37.0 Å². The standard InChI is InChI=1S/C13H13N2P/c1-8-6-7-10-9-4-2-3-5-11(9)16(15)13(10)12(8)14/h2-7H,14-15H2,1H3. The molecule has 3 rings (SSSR count). The van der Waals surface area contributed by atoms with Crippen LogP contribution in [0.1, 0.15) is 5.56 Å². The molecule has 80 valence electrons. The maximum absolute atomic E-state index is 6.31. The average molecular weight is 228 g/mol. The van der Waals surface area contributed by atoms with Gasteiger partial charge in [0.05, 0.1) is 0 Å². The van der Waals surface area contributed by atoms with Crippen molar-refractivity contribution in [1.29, 1.82) is 0 Å². The van der Waals surface area contributed by atoms with Gasteiger partial charge in [0.2, 0.25) is 0 Å². The largest absolute Gasteiger partial charge is 0.398 e. The van der Waals surface area contributed by atoms with E-state index in [2.05, 4.69) is 24.3 Å². The van der Waals surface area contributed by atoms with Gasteiger partial charge in [-0.3, -0.25) is 5.50 Å². The number of fused-ring (bicyclic) bond motifs is 3. The molecule has 0 amide bonds. The molecular formula is C13H13N2P. The number of rotatable bonds is 0. The van der Waals surface area contributed by atoms with Gasteiger partial charge in [-0.25, -0.2) is 0 Å². The fourth-order valence-corrected chi connectivity index (χ4v) is 4.05. The predicted octanol–water partition coefficient (Wildman–Crippen LogP) is 3.58. The van der Waals surface area contributed by atoms with E-state index in [1.807, 2.05) is 19.1 Å². The molecule has 0 radical (unpaired) electrons. The number of aryl methyl sites for hydroxylation is 1. The highest BCUT2D eigenvalue weighted by atomic mass is 31.1. The molecule has 0 bridgehead atoms. The van der Waals surface area contributed by atoms with Crippen LogP contribution in [-0.2, 0) is 0 Å². The summed E-state index contributed by atoms with van der Waals surface area (Å²) in [6.45, 7) is 2.03. The molecule has 0 saturated carbocycles. The third-order valence-corrected chi connectivity index (χ3v) is 5.00. The molecule has 1 unspecified atom stereocenters. The molecule has 1 atom stereocenters. The Morgan fingerprint density at radius 2 is 1.75 bits per heavy atom. The molecule has 2 aromatic carbocycles. The van der Waals surface area contributed by atoms with Crippen LogP contribution in [0.2, 0.25) is 0 Å². The van der Waals surface area contributed by atoms with Crippen LogP contribution in [0.25, 0.3) is 21.0 Å². The smallest absolute Gasteiger partial charge is 0.0476 e. The summed E-state index contributed by atoms with van der Waals surface area (Å²) in [7, 11) is -0.759. The van der Waals surface area contributed by atoms with Crippen molar-refractivity contribution in [2.75, 3.05) is 11.2 Å². The van der Waals surface area contributed by atoms with E-state index in [-0.39, 0.29) is 0 Å². The van der Waals surface area contributed by atoms with E-state index in [4.69, 9.17) is 11.2 Å². The SMILES string of the molecule is Cc1ccc2c3ccccc3p(N)c2c1N. The highest BCUT2D eigenvalue weighted by Crippen LogP contribution is 2.47. The summed E-state index contributed by atoms with van der Waals surface area (Å²) >= 11 is 0. The summed E-state index contributed by atoms with van der Waals surface area (Å²) in [5, 5.41) is 4.85. The summed E-state index contributed by atoms with van der Waals surface area (Å²) in [5.74, 6) is 0. The number of benzene rings is 2. The van der Waals surface area contributed by atoms with Gasteiger partial charge in [0.1, 0.15) is 0 Å². The van der Waals surface area contributed by atoms with E-state index in [1.54, 1.807) is 0 Å². The van der Waals surface area contributed by atoms with Crippen LogP contribution in [0.5, 0.6) is 0 Å². The van der Waals surface area contributed by atoms with Crippen LogP contribution in [0.4, 0.5) is 5.69 Å². The molecule has 0 aliphatic rings. The summed E-state index contributed by atoms with van der Waals surface area (Å²) in [6, 6.07) is 12.5. The van der Waals surface area contributed by atoms with Gasteiger partial charge in [-0.15, -0.1) is 0 Å². The first-order valence-corrected chi connectivity index (χ1v) is 6.64. The molecule has 4 N–H and O–H groups in total. The molecule has 0 aliphatic heterocycles. The summed E-state index contributed by atoms with van der Waals surface area (Å²) in [6.07, 6.45) is 0. The van der Waals surface area contributed by atoms with Crippen LogP contribution in [-0.4, -0.2) is 0 Å². The molecule has 0 saturated heterocycles. The molecule has 2 nitrogen and oxygen atoms in total. The Hall–Kier alpha value is -1.50. The molecule has 3 aromatic rings. The monoisotopic (exact) mass is 228 g/mol. The second-order valence-electron chi connectivity index (χ2n) is 4.08. The van der Waals surface area contributed by atoms with E-state index in [1.165, 1.54) is 15.9 Å². The van der Waals surface area contributed by atoms with Crippen molar-refractivity contribution in [3.8, 4) is 0 Å². The number of nitrogen functional groups attached to an aromatic ring is 2. The van der Waals surface area contributed by atoms with Crippen molar-refractivity contribution in [3.05, 3.63) is 42.0 Å². The first kappa shape index (κ1) is 9.71. The third kappa shape index (κ3) is 1.12. The van der Waals surface area contributed by atoms with Gasteiger partial charge in [0.15, 0.2) is 0 Å². The van der Waals surface area contributed by atoms with Gasteiger partial charge in [0, 0.05) is 15.9 Å². The van der Waals surface area contributed by atoms with Crippen molar-refractivity contribution in [3.63, 3.8) is 0 Å². The Morgan fingerprint density at radius 1 is 1.00 bits per heavy atom. The maximum atomic E-state index is 6.31. The lowest BCUT2D eigenvalue weighted by Crippen LogP contribution is -1.89. The van der Waals surface area contributed by atoms with Crippen LogP contribution in [0.3, 0.4) is 0 Å². The number of hydrogen-bond donors (Lipinski definition) is 2. The van der Waals surface area contributed by atoms with E-state index < -0.39 is 7.68 Å². The van der Waals surface area contributed by atoms with Gasteiger partial charge < -0.3 is 5.73 Å². The highest BCUT2D eigenvalue weighted by Gasteiger charge is 2.11. The van der Waals surface area contributed by atoms with Crippen molar-refractivity contribution in [2.45, 2.75) is 6.92 Å². The fourth-order valence-electron chi connectivity index (χ4n) is 2.22. The Labute approximate surface area is 95.0 Å². The molecule has 16 heavy (non-hydrogen) atoms. The lowest BCUT2D eigenvalue weighted by molar-refractivity contribution is 1.51. The van der Waals surface area contributed by atoms with E-state index in [0.717, 1.165) is 16.4 Å². The minimum absolute atomic E-state index is 0.759. The first-order valence-electron chi connectivity index (χ1n) is 5.23. The second kappa shape index (κ2) is 3.24. The molecule has 3 heteroatoms. The molecule has 0 aliphatic carbocycles. The molecule has 0 fully saturated rings. The van der Waals surface area contributed by atoms with Crippen molar-refractivity contribution < 1.29 is 0 Å². The molecule has 1 heterocycles. The Balaban J connectivity index is 2.67. The number of anilines is 1. The van der Waals surface area contributed by atoms with Crippen LogP contribution in [0, 0.1) is 6.92 Å². The lowest BCUT2D eigenvalue weighted by atomic mass is 10.1. The van der Waals surface area contributed by atoms with Crippen LogP contribution < -0.4 is 11.2 Å².